The maximum atomic E-state index is 11.5. The third-order valence-corrected chi connectivity index (χ3v) is 3.32. The first-order chi connectivity index (χ1) is 7.89. The minimum Gasteiger partial charge on any atom is -0.300 e. The van der Waals surface area contributed by atoms with E-state index in [1.54, 1.807) is 0 Å². The van der Waals surface area contributed by atoms with Gasteiger partial charge < -0.3 is 0 Å². The average molecular weight is 222 g/mol. The number of carbonyl (C=O) groups is 1. The van der Waals surface area contributed by atoms with Crippen molar-refractivity contribution in [3.8, 4) is 0 Å². The summed E-state index contributed by atoms with van der Waals surface area (Å²) in [4.78, 5) is 11.5. The molecule has 92 valence electrons. The Morgan fingerprint density at radius 3 is 1.88 bits per heavy atom. The van der Waals surface area contributed by atoms with Gasteiger partial charge in [-0.05, 0) is 32.1 Å². The number of rotatable bonds is 0. The fraction of sp³-hybridized carbons (Fsp3) is 0.800. The van der Waals surface area contributed by atoms with Crippen molar-refractivity contribution in [2.75, 3.05) is 0 Å². The Kier molecular flexibility index (Phi) is 8.10. The lowest BCUT2D eigenvalue weighted by Gasteiger charge is -2.01. The fourth-order valence-electron chi connectivity index (χ4n) is 2.25. The normalized spacial score (nSPS) is 24.4. The number of Topliss-reactive ketones (excluding diaryl/α,β-unsaturated/α-hetero) is 1. The summed E-state index contributed by atoms with van der Waals surface area (Å²) in [5.74, 6) is 0.475. The van der Waals surface area contributed by atoms with E-state index in [0.29, 0.717) is 5.78 Å². The Hall–Kier alpha value is -0.590. The summed E-state index contributed by atoms with van der Waals surface area (Å²) in [6.45, 7) is 0. The standard InChI is InChI=1S/C15H26O/c16-15-13-11-9-7-5-3-1-2-4-6-8-10-12-14-15/h5,7H,1-4,6,8-14H2/b7-5-. The zero-order chi connectivity index (χ0) is 11.5. The van der Waals surface area contributed by atoms with E-state index < -0.39 is 0 Å². The number of hydrogen-bond acceptors (Lipinski definition) is 1. The first-order valence-electron chi connectivity index (χ1n) is 7.06. The second-order valence-corrected chi connectivity index (χ2v) is 4.92. The molecule has 0 amide bonds. The molecule has 0 saturated carbocycles. The summed E-state index contributed by atoms with van der Waals surface area (Å²) >= 11 is 0. The third kappa shape index (κ3) is 7.67. The van der Waals surface area contributed by atoms with Crippen molar-refractivity contribution < 1.29 is 4.79 Å². The van der Waals surface area contributed by atoms with Gasteiger partial charge in [0.2, 0.25) is 0 Å². The molecular formula is C15H26O. The SMILES string of the molecule is O=C1CCC/C=C\CCCCCCCCC1. The van der Waals surface area contributed by atoms with Crippen molar-refractivity contribution in [1.29, 1.82) is 0 Å². The lowest BCUT2D eigenvalue weighted by Crippen LogP contribution is -1.97. The van der Waals surface area contributed by atoms with E-state index in [1.165, 1.54) is 44.9 Å². The highest BCUT2D eigenvalue weighted by Gasteiger charge is 2.01. The van der Waals surface area contributed by atoms with Crippen LogP contribution in [0.3, 0.4) is 0 Å². The van der Waals surface area contributed by atoms with Crippen LogP contribution in [-0.4, -0.2) is 5.78 Å². The van der Waals surface area contributed by atoms with Crippen molar-refractivity contribution in [3.63, 3.8) is 0 Å². The molecule has 0 unspecified atom stereocenters. The Morgan fingerprint density at radius 2 is 1.12 bits per heavy atom. The first-order valence-corrected chi connectivity index (χ1v) is 7.06. The van der Waals surface area contributed by atoms with E-state index >= 15 is 0 Å². The van der Waals surface area contributed by atoms with Crippen LogP contribution in [0.4, 0.5) is 0 Å². The molecule has 0 heterocycles. The number of carbonyl (C=O) groups excluding carboxylic acids is 1. The maximum absolute atomic E-state index is 11.5. The van der Waals surface area contributed by atoms with Gasteiger partial charge in [0.25, 0.3) is 0 Å². The highest BCUT2D eigenvalue weighted by atomic mass is 16.1. The average Bonchev–Trinajstić information content (AvgIpc) is 2.29. The molecule has 1 aliphatic rings. The van der Waals surface area contributed by atoms with Crippen LogP contribution in [0.15, 0.2) is 12.2 Å². The molecule has 0 radical (unpaired) electrons. The van der Waals surface area contributed by atoms with Crippen molar-refractivity contribution in [2.24, 2.45) is 0 Å². The van der Waals surface area contributed by atoms with Gasteiger partial charge in [-0.1, -0.05) is 44.3 Å². The molecule has 0 saturated heterocycles. The predicted octanol–water partition coefficient (Wildman–Crippen LogP) is 4.81. The van der Waals surface area contributed by atoms with Crippen LogP contribution in [0, 0.1) is 0 Å². The van der Waals surface area contributed by atoms with Gasteiger partial charge in [-0.15, -0.1) is 0 Å². The molecule has 0 atom stereocenters. The molecule has 0 spiro atoms. The molecule has 1 nitrogen and oxygen atoms in total. The van der Waals surface area contributed by atoms with Gasteiger partial charge in [0.05, 0.1) is 0 Å². The maximum Gasteiger partial charge on any atom is 0.132 e. The molecule has 0 aliphatic heterocycles. The predicted molar refractivity (Wildman–Crippen MR) is 69.6 cm³/mol. The number of allylic oxidation sites excluding steroid dienone is 2. The lowest BCUT2D eigenvalue weighted by atomic mass is 10.0. The van der Waals surface area contributed by atoms with Crippen molar-refractivity contribution in [3.05, 3.63) is 12.2 Å². The summed E-state index contributed by atoms with van der Waals surface area (Å²) in [7, 11) is 0. The second-order valence-electron chi connectivity index (χ2n) is 4.92. The Balaban J connectivity index is 2.20. The van der Waals surface area contributed by atoms with E-state index in [1.807, 2.05) is 0 Å². The van der Waals surface area contributed by atoms with Crippen molar-refractivity contribution in [1.82, 2.24) is 0 Å². The van der Waals surface area contributed by atoms with Crippen LogP contribution in [0.5, 0.6) is 0 Å². The topological polar surface area (TPSA) is 17.1 Å². The summed E-state index contributed by atoms with van der Waals surface area (Å²) < 4.78 is 0. The Bertz CT molecular complexity index is 205. The second kappa shape index (κ2) is 9.62. The third-order valence-electron chi connectivity index (χ3n) is 3.32. The summed E-state index contributed by atoms with van der Waals surface area (Å²) in [5.41, 5.74) is 0. The van der Waals surface area contributed by atoms with Crippen LogP contribution < -0.4 is 0 Å². The quantitative estimate of drug-likeness (QED) is 0.538. The highest BCUT2D eigenvalue weighted by Crippen LogP contribution is 2.12. The van der Waals surface area contributed by atoms with Crippen LogP contribution in [0.25, 0.3) is 0 Å². The zero-order valence-electron chi connectivity index (χ0n) is 10.5. The van der Waals surface area contributed by atoms with Crippen LogP contribution in [0.1, 0.15) is 77.0 Å². The van der Waals surface area contributed by atoms with Crippen LogP contribution in [-0.2, 0) is 4.79 Å². The minimum absolute atomic E-state index is 0.475. The van der Waals surface area contributed by atoms with Gasteiger partial charge in [0.15, 0.2) is 0 Å². The van der Waals surface area contributed by atoms with Crippen LogP contribution >= 0.6 is 0 Å². The lowest BCUT2D eigenvalue weighted by molar-refractivity contribution is -0.119. The van der Waals surface area contributed by atoms with Gasteiger partial charge in [0, 0.05) is 12.8 Å². The molecular weight excluding hydrogens is 196 g/mol. The number of ketones is 1. The fourth-order valence-corrected chi connectivity index (χ4v) is 2.25. The van der Waals surface area contributed by atoms with E-state index in [4.69, 9.17) is 0 Å². The Labute approximate surface area is 100 Å². The van der Waals surface area contributed by atoms with E-state index in [0.717, 1.165) is 32.1 Å². The van der Waals surface area contributed by atoms with E-state index in [-0.39, 0.29) is 0 Å². The first kappa shape index (κ1) is 13.5. The zero-order valence-corrected chi connectivity index (χ0v) is 10.5. The number of hydrogen-bond donors (Lipinski definition) is 0. The van der Waals surface area contributed by atoms with Crippen molar-refractivity contribution in [2.45, 2.75) is 77.0 Å². The molecule has 16 heavy (non-hydrogen) atoms. The summed E-state index contributed by atoms with van der Waals surface area (Å²) in [5, 5.41) is 0. The molecule has 0 bridgehead atoms. The van der Waals surface area contributed by atoms with Gasteiger partial charge in [-0.25, -0.2) is 0 Å². The molecule has 0 aromatic carbocycles. The molecule has 0 aromatic heterocycles. The highest BCUT2D eigenvalue weighted by molar-refractivity contribution is 5.78. The van der Waals surface area contributed by atoms with Crippen LogP contribution in [0.2, 0.25) is 0 Å². The van der Waals surface area contributed by atoms with E-state index in [9.17, 15) is 4.79 Å². The summed E-state index contributed by atoms with van der Waals surface area (Å²) in [6, 6.07) is 0. The largest absolute Gasteiger partial charge is 0.300 e. The summed E-state index contributed by atoms with van der Waals surface area (Å²) in [6.07, 6.45) is 18.7. The van der Waals surface area contributed by atoms with Gasteiger partial charge in [-0.2, -0.15) is 0 Å². The van der Waals surface area contributed by atoms with Crippen molar-refractivity contribution >= 4 is 5.78 Å². The molecule has 1 heteroatoms. The van der Waals surface area contributed by atoms with Gasteiger partial charge in [-0.3, -0.25) is 4.79 Å². The monoisotopic (exact) mass is 222 g/mol. The van der Waals surface area contributed by atoms with Gasteiger partial charge >= 0.3 is 0 Å². The smallest absolute Gasteiger partial charge is 0.132 e. The molecule has 0 N–H and O–H groups in total. The molecule has 1 rings (SSSR count). The molecule has 0 fully saturated rings. The molecule has 1 aliphatic carbocycles. The Morgan fingerprint density at radius 1 is 0.625 bits per heavy atom. The minimum atomic E-state index is 0.475. The van der Waals surface area contributed by atoms with E-state index in [2.05, 4.69) is 12.2 Å². The molecule has 0 aromatic rings. The van der Waals surface area contributed by atoms with Gasteiger partial charge in [0.1, 0.15) is 5.78 Å².